The molecule has 1 aliphatic carbocycles. The molecule has 2 saturated heterocycles. The number of aromatic nitrogens is 2. The molecule has 1 atom stereocenters. The molecule has 1 unspecified atom stereocenters. The topological polar surface area (TPSA) is 96.6 Å². The van der Waals surface area contributed by atoms with Crippen molar-refractivity contribution in [1.82, 2.24) is 19.3 Å². The summed E-state index contributed by atoms with van der Waals surface area (Å²) < 4.78 is 31.4. The maximum Gasteiger partial charge on any atom is 0.231 e. The Bertz CT molecular complexity index is 822. The number of nitrogens with zero attached hydrogens (tertiary/aromatic N) is 4. The highest BCUT2D eigenvalue weighted by molar-refractivity contribution is 7.88. The predicted molar refractivity (Wildman–Crippen MR) is 98.5 cm³/mol. The average molecular weight is 397 g/mol. The van der Waals surface area contributed by atoms with Gasteiger partial charge in [0.25, 0.3) is 0 Å². The number of rotatable bonds is 6. The van der Waals surface area contributed by atoms with Crippen LogP contribution in [-0.4, -0.2) is 66.1 Å². The lowest BCUT2D eigenvalue weighted by molar-refractivity contribution is -0.148. The van der Waals surface area contributed by atoms with Gasteiger partial charge in [0.1, 0.15) is 0 Å². The highest BCUT2D eigenvalue weighted by Gasteiger charge is 2.59. The summed E-state index contributed by atoms with van der Waals surface area (Å²) in [6.45, 7) is 5.93. The van der Waals surface area contributed by atoms with E-state index in [1.165, 1.54) is 10.6 Å². The third-order valence-electron chi connectivity index (χ3n) is 6.44. The number of carbonyl (C=O) groups is 1. The van der Waals surface area contributed by atoms with Gasteiger partial charge in [-0.05, 0) is 25.7 Å². The first-order chi connectivity index (χ1) is 12.8. The molecule has 4 rings (SSSR count). The van der Waals surface area contributed by atoms with Crippen molar-refractivity contribution in [1.29, 1.82) is 0 Å². The van der Waals surface area contributed by atoms with Crippen LogP contribution in [0.1, 0.15) is 63.1 Å². The second kappa shape index (κ2) is 6.55. The van der Waals surface area contributed by atoms with E-state index in [1.54, 1.807) is 0 Å². The van der Waals surface area contributed by atoms with Gasteiger partial charge in [0.05, 0.1) is 12.2 Å². The van der Waals surface area contributed by atoms with E-state index in [1.807, 2.05) is 18.7 Å². The zero-order chi connectivity index (χ0) is 19.4. The van der Waals surface area contributed by atoms with Crippen LogP contribution in [0, 0.1) is 11.3 Å². The van der Waals surface area contributed by atoms with Gasteiger partial charge in [-0.15, -0.1) is 0 Å². The highest BCUT2D eigenvalue weighted by atomic mass is 32.2. The number of carbonyl (C=O) groups excluding carboxylic acids is 1. The number of amides is 1. The fourth-order valence-corrected chi connectivity index (χ4v) is 5.41. The Kier molecular flexibility index (Phi) is 4.57. The molecule has 27 heavy (non-hydrogen) atoms. The summed E-state index contributed by atoms with van der Waals surface area (Å²) in [6.07, 6.45) is 5.06. The van der Waals surface area contributed by atoms with Gasteiger partial charge in [0.15, 0.2) is 5.82 Å². The van der Waals surface area contributed by atoms with Crippen LogP contribution in [0.25, 0.3) is 0 Å². The van der Waals surface area contributed by atoms with Crippen LogP contribution < -0.4 is 0 Å². The van der Waals surface area contributed by atoms with Gasteiger partial charge in [-0.3, -0.25) is 4.79 Å². The molecule has 0 bridgehead atoms. The van der Waals surface area contributed by atoms with Gasteiger partial charge in [-0.1, -0.05) is 19.0 Å². The summed E-state index contributed by atoms with van der Waals surface area (Å²) in [4.78, 5) is 19.1. The Balaban J connectivity index is 1.56. The maximum absolute atomic E-state index is 12.7. The summed E-state index contributed by atoms with van der Waals surface area (Å²) in [7, 11) is -3.31. The van der Waals surface area contributed by atoms with E-state index in [0.29, 0.717) is 38.0 Å². The minimum absolute atomic E-state index is 0.0399. The molecular formula is C18H28N4O4S. The third kappa shape index (κ3) is 3.29. The van der Waals surface area contributed by atoms with Crippen molar-refractivity contribution in [3.8, 4) is 0 Å². The Labute approximate surface area is 160 Å². The molecular weight excluding hydrogens is 368 g/mol. The predicted octanol–water partition coefficient (Wildman–Crippen LogP) is 1.57. The molecule has 0 N–H and O–H groups in total. The Morgan fingerprint density at radius 2 is 1.93 bits per heavy atom. The second-order valence-electron chi connectivity index (χ2n) is 8.44. The zero-order valence-corrected chi connectivity index (χ0v) is 17.0. The van der Waals surface area contributed by atoms with Crippen molar-refractivity contribution in [3.05, 3.63) is 11.7 Å². The Morgan fingerprint density at radius 1 is 1.26 bits per heavy atom. The van der Waals surface area contributed by atoms with E-state index in [-0.39, 0.29) is 23.2 Å². The number of likely N-dealkylation sites (tertiary alicyclic amines) is 1. The van der Waals surface area contributed by atoms with E-state index < -0.39 is 10.0 Å². The molecule has 1 aromatic heterocycles. The third-order valence-corrected chi connectivity index (χ3v) is 7.66. The molecule has 1 spiro atoms. The van der Waals surface area contributed by atoms with Crippen molar-refractivity contribution in [2.75, 3.05) is 32.4 Å². The fraction of sp³-hybridized carbons (Fsp3) is 0.833. The lowest BCUT2D eigenvalue weighted by Crippen LogP contribution is -2.62. The highest BCUT2D eigenvalue weighted by Crippen LogP contribution is 2.50. The SMILES string of the molecule is CCC(CC)C(=O)N1CC2(C1)CN(S(C)(=O)=O)CC2c1nc(C2CC2)no1. The van der Waals surface area contributed by atoms with Crippen LogP contribution in [0.15, 0.2) is 4.52 Å². The van der Waals surface area contributed by atoms with Crippen LogP contribution in [0.2, 0.25) is 0 Å². The molecule has 8 nitrogen and oxygen atoms in total. The molecule has 3 heterocycles. The minimum Gasteiger partial charge on any atom is -0.341 e. The van der Waals surface area contributed by atoms with E-state index >= 15 is 0 Å². The van der Waals surface area contributed by atoms with Gasteiger partial charge < -0.3 is 9.42 Å². The lowest BCUT2D eigenvalue weighted by atomic mass is 9.71. The van der Waals surface area contributed by atoms with Gasteiger partial charge in [0.2, 0.25) is 21.8 Å². The average Bonchev–Trinajstić information content (AvgIpc) is 3.17. The van der Waals surface area contributed by atoms with Crippen LogP contribution in [0.5, 0.6) is 0 Å². The number of sulfonamides is 1. The van der Waals surface area contributed by atoms with Crippen molar-refractivity contribution in [2.45, 2.75) is 51.4 Å². The Morgan fingerprint density at radius 3 is 2.48 bits per heavy atom. The van der Waals surface area contributed by atoms with E-state index in [9.17, 15) is 13.2 Å². The molecule has 150 valence electrons. The maximum atomic E-state index is 12.7. The quantitative estimate of drug-likeness (QED) is 0.724. The molecule has 1 aromatic rings. The molecule has 3 aliphatic rings. The van der Waals surface area contributed by atoms with Gasteiger partial charge >= 0.3 is 0 Å². The summed E-state index contributed by atoms with van der Waals surface area (Å²) in [6, 6.07) is 0. The molecule has 0 aromatic carbocycles. The number of hydrogen-bond donors (Lipinski definition) is 0. The molecule has 0 radical (unpaired) electrons. The first-order valence-corrected chi connectivity index (χ1v) is 11.7. The molecule has 9 heteroatoms. The van der Waals surface area contributed by atoms with Crippen molar-refractivity contribution in [2.24, 2.45) is 11.3 Å². The fourth-order valence-electron chi connectivity index (χ4n) is 4.50. The summed E-state index contributed by atoms with van der Waals surface area (Å²) in [5.41, 5.74) is -0.321. The first-order valence-electron chi connectivity index (χ1n) is 9.85. The molecule has 3 fully saturated rings. The minimum atomic E-state index is -3.31. The monoisotopic (exact) mass is 396 g/mol. The van der Waals surface area contributed by atoms with Crippen molar-refractivity contribution < 1.29 is 17.7 Å². The Hall–Kier alpha value is -1.48. The smallest absolute Gasteiger partial charge is 0.231 e. The molecule has 2 aliphatic heterocycles. The van der Waals surface area contributed by atoms with E-state index in [4.69, 9.17) is 4.52 Å². The first kappa shape index (κ1) is 18.9. The standard InChI is InChI=1S/C18H28N4O4S/c1-4-12(5-2)17(23)21-9-18(10-21)11-22(27(3,24)25)8-14(18)16-19-15(20-26-16)13-6-7-13/h12-14H,4-11H2,1-3H3. The van der Waals surface area contributed by atoms with Crippen molar-refractivity contribution >= 4 is 15.9 Å². The van der Waals surface area contributed by atoms with Gasteiger partial charge in [-0.25, -0.2) is 12.7 Å². The summed E-state index contributed by atoms with van der Waals surface area (Å²) >= 11 is 0. The van der Waals surface area contributed by atoms with Crippen LogP contribution in [0.4, 0.5) is 0 Å². The van der Waals surface area contributed by atoms with Crippen LogP contribution in [0.3, 0.4) is 0 Å². The zero-order valence-electron chi connectivity index (χ0n) is 16.2. The summed E-state index contributed by atoms with van der Waals surface area (Å²) in [5.74, 6) is 1.71. The summed E-state index contributed by atoms with van der Waals surface area (Å²) in [5, 5.41) is 4.11. The van der Waals surface area contributed by atoms with E-state index in [2.05, 4.69) is 10.1 Å². The molecule has 1 saturated carbocycles. The largest absolute Gasteiger partial charge is 0.341 e. The van der Waals surface area contributed by atoms with Crippen LogP contribution >= 0.6 is 0 Å². The van der Waals surface area contributed by atoms with Crippen molar-refractivity contribution in [3.63, 3.8) is 0 Å². The second-order valence-corrected chi connectivity index (χ2v) is 10.4. The van der Waals surface area contributed by atoms with E-state index in [0.717, 1.165) is 31.5 Å². The van der Waals surface area contributed by atoms with Gasteiger partial charge in [-0.2, -0.15) is 4.98 Å². The van der Waals surface area contributed by atoms with Gasteiger partial charge in [0, 0.05) is 43.4 Å². The normalized spacial score (nSPS) is 25.3. The number of hydrogen-bond acceptors (Lipinski definition) is 6. The van der Waals surface area contributed by atoms with Crippen LogP contribution in [-0.2, 0) is 14.8 Å². The molecule has 1 amide bonds. The lowest BCUT2D eigenvalue weighted by Gasteiger charge is -2.51.